The van der Waals surface area contributed by atoms with Crippen molar-refractivity contribution in [1.82, 2.24) is 4.98 Å². The summed E-state index contributed by atoms with van der Waals surface area (Å²) in [7, 11) is 0. The van der Waals surface area contributed by atoms with E-state index in [2.05, 4.69) is 47.6 Å². The van der Waals surface area contributed by atoms with Gasteiger partial charge in [0.15, 0.2) is 0 Å². The standard InChI is InChI=1S/C18H22N2/c1-12-10-18(15-4-2-3-5-17(15)20-12)19-11-16(13-6-7-13)14-8-9-14/h2-5,10,13-14,16H,6-9,11H2,1H3,(H,19,20). The second-order valence-corrected chi connectivity index (χ2v) is 6.55. The Morgan fingerprint density at radius 1 is 1.15 bits per heavy atom. The van der Waals surface area contributed by atoms with Crippen molar-refractivity contribution in [3.63, 3.8) is 0 Å². The molecule has 4 rings (SSSR count). The number of anilines is 1. The lowest BCUT2D eigenvalue weighted by Crippen LogP contribution is -2.18. The zero-order valence-corrected chi connectivity index (χ0v) is 12.1. The summed E-state index contributed by atoms with van der Waals surface area (Å²) in [6.45, 7) is 3.22. The number of hydrogen-bond acceptors (Lipinski definition) is 2. The summed E-state index contributed by atoms with van der Waals surface area (Å²) in [5.41, 5.74) is 3.46. The first-order valence-electron chi connectivity index (χ1n) is 7.91. The van der Waals surface area contributed by atoms with Crippen LogP contribution >= 0.6 is 0 Å². The normalized spacial score (nSPS) is 18.7. The Balaban J connectivity index is 1.58. The maximum absolute atomic E-state index is 4.62. The van der Waals surface area contributed by atoms with E-state index in [1.807, 2.05) is 0 Å². The molecule has 2 saturated carbocycles. The van der Waals surface area contributed by atoms with Gasteiger partial charge in [-0.1, -0.05) is 18.2 Å². The number of hydrogen-bond donors (Lipinski definition) is 1. The Hall–Kier alpha value is -1.57. The van der Waals surface area contributed by atoms with Gasteiger partial charge in [0.25, 0.3) is 0 Å². The summed E-state index contributed by atoms with van der Waals surface area (Å²) in [6, 6.07) is 10.6. The SMILES string of the molecule is Cc1cc(NCC(C2CC2)C2CC2)c2ccccc2n1. The third-order valence-electron chi connectivity index (χ3n) is 4.83. The zero-order valence-electron chi connectivity index (χ0n) is 12.1. The van der Waals surface area contributed by atoms with Crippen LogP contribution in [0, 0.1) is 24.7 Å². The number of aromatic nitrogens is 1. The molecule has 0 radical (unpaired) electrons. The van der Waals surface area contributed by atoms with Gasteiger partial charge in [-0.05, 0) is 62.5 Å². The first-order chi connectivity index (χ1) is 9.81. The highest BCUT2D eigenvalue weighted by molar-refractivity contribution is 5.91. The molecule has 1 aromatic heterocycles. The summed E-state index contributed by atoms with van der Waals surface area (Å²) in [5.74, 6) is 2.91. The highest BCUT2D eigenvalue weighted by Crippen LogP contribution is 2.49. The number of pyridine rings is 1. The van der Waals surface area contributed by atoms with Gasteiger partial charge >= 0.3 is 0 Å². The Labute approximate surface area is 120 Å². The second kappa shape index (κ2) is 4.76. The number of fused-ring (bicyclic) bond motifs is 1. The number of nitrogens with one attached hydrogen (secondary N) is 1. The van der Waals surface area contributed by atoms with Crippen LogP contribution < -0.4 is 5.32 Å². The fourth-order valence-corrected chi connectivity index (χ4v) is 3.45. The van der Waals surface area contributed by atoms with Crippen LogP contribution in [-0.2, 0) is 0 Å². The molecule has 1 aromatic carbocycles. The maximum Gasteiger partial charge on any atom is 0.0725 e. The van der Waals surface area contributed by atoms with Gasteiger partial charge < -0.3 is 5.32 Å². The molecule has 0 spiro atoms. The molecule has 2 aliphatic rings. The lowest BCUT2D eigenvalue weighted by molar-refractivity contribution is 0.428. The number of rotatable bonds is 5. The average molecular weight is 266 g/mol. The zero-order chi connectivity index (χ0) is 13.5. The third-order valence-corrected chi connectivity index (χ3v) is 4.83. The first-order valence-corrected chi connectivity index (χ1v) is 7.91. The summed E-state index contributed by atoms with van der Waals surface area (Å²) in [4.78, 5) is 4.62. The van der Waals surface area contributed by atoms with Gasteiger partial charge in [-0.25, -0.2) is 0 Å². The Morgan fingerprint density at radius 2 is 1.85 bits per heavy atom. The molecule has 2 nitrogen and oxygen atoms in total. The smallest absolute Gasteiger partial charge is 0.0725 e. The quantitative estimate of drug-likeness (QED) is 0.868. The molecule has 0 aliphatic heterocycles. The van der Waals surface area contributed by atoms with Crippen LogP contribution in [0.1, 0.15) is 31.4 Å². The van der Waals surface area contributed by atoms with Crippen LogP contribution in [0.25, 0.3) is 10.9 Å². The van der Waals surface area contributed by atoms with E-state index in [0.29, 0.717) is 0 Å². The minimum Gasteiger partial charge on any atom is -0.384 e. The maximum atomic E-state index is 4.62. The highest BCUT2D eigenvalue weighted by Gasteiger charge is 2.41. The molecule has 2 aliphatic carbocycles. The predicted octanol–water partition coefficient (Wildman–Crippen LogP) is 4.39. The van der Waals surface area contributed by atoms with Gasteiger partial charge in [-0.2, -0.15) is 0 Å². The molecule has 104 valence electrons. The van der Waals surface area contributed by atoms with Crippen LogP contribution in [0.3, 0.4) is 0 Å². The number of nitrogens with zero attached hydrogens (tertiary/aromatic N) is 1. The fourth-order valence-electron chi connectivity index (χ4n) is 3.45. The lowest BCUT2D eigenvalue weighted by Gasteiger charge is -2.18. The van der Waals surface area contributed by atoms with E-state index in [1.165, 1.54) is 36.8 Å². The number of benzene rings is 1. The molecule has 0 saturated heterocycles. The van der Waals surface area contributed by atoms with Crippen molar-refractivity contribution < 1.29 is 0 Å². The van der Waals surface area contributed by atoms with Crippen molar-refractivity contribution in [2.45, 2.75) is 32.6 Å². The van der Waals surface area contributed by atoms with E-state index in [-0.39, 0.29) is 0 Å². The van der Waals surface area contributed by atoms with Gasteiger partial charge in [0.2, 0.25) is 0 Å². The van der Waals surface area contributed by atoms with E-state index >= 15 is 0 Å². The molecule has 0 unspecified atom stereocenters. The van der Waals surface area contributed by atoms with E-state index in [1.54, 1.807) is 0 Å². The molecule has 2 fully saturated rings. The Morgan fingerprint density at radius 3 is 2.55 bits per heavy atom. The molecule has 20 heavy (non-hydrogen) atoms. The molecule has 0 amide bonds. The summed E-state index contributed by atoms with van der Waals surface area (Å²) >= 11 is 0. The van der Waals surface area contributed by atoms with Gasteiger partial charge in [0.1, 0.15) is 0 Å². The molecule has 2 heteroatoms. The molecule has 0 bridgehead atoms. The van der Waals surface area contributed by atoms with Crippen LogP contribution in [0.4, 0.5) is 5.69 Å². The second-order valence-electron chi connectivity index (χ2n) is 6.55. The summed E-state index contributed by atoms with van der Waals surface area (Å²) in [6.07, 6.45) is 5.83. The van der Waals surface area contributed by atoms with Crippen molar-refractivity contribution in [1.29, 1.82) is 0 Å². The lowest BCUT2D eigenvalue weighted by atomic mass is 9.97. The van der Waals surface area contributed by atoms with Crippen LogP contribution in [0.15, 0.2) is 30.3 Å². The minimum atomic E-state index is 0.905. The summed E-state index contributed by atoms with van der Waals surface area (Å²) in [5, 5.41) is 4.98. The van der Waals surface area contributed by atoms with Crippen molar-refractivity contribution in [3.8, 4) is 0 Å². The number of aryl methyl sites for hydroxylation is 1. The van der Waals surface area contributed by atoms with E-state index in [9.17, 15) is 0 Å². The molecular weight excluding hydrogens is 244 g/mol. The van der Waals surface area contributed by atoms with Gasteiger partial charge in [0.05, 0.1) is 5.52 Å². The van der Waals surface area contributed by atoms with Gasteiger partial charge in [-0.15, -0.1) is 0 Å². The Kier molecular flexibility index (Phi) is 2.90. The van der Waals surface area contributed by atoms with Gasteiger partial charge in [0, 0.05) is 23.3 Å². The van der Waals surface area contributed by atoms with Crippen LogP contribution in [0.5, 0.6) is 0 Å². The number of para-hydroxylation sites is 1. The van der Waals surface area contributed by atoms with Crippen LogP contribution in [-0.4, -0.2) is 11.5 Å². The van der Waals surface area contributed by atoms with Crippen molar-refractivity contribution in [2.75, 3.05) is 11.9 Å². The molecule has 0 atom stereocenters. The van der Waals surface area contributed by atoms with Crippen molar-refractivity contribution in [3.05, 3.63) is 36.0 Å². The van der Waals surface area contributed by atoms with Crippen molar-refractivity contribution in [2.24, 2.45) is 17.8 Å². The van der Waals surface area contributed by atoms with E-state index < -0.39 is 0 Å². The van der Waals surface area contributed by atoms with Crippen molar-refractivity contribution >= 4 is 16.6 Å². The molecule has 1 N–H and O–H groups in total. The summed E-state index contributed by atoms with van der Waals surface area (Å²) < 4.78 is 0. The molecular formula is C18H22N2. The fraction of sp³-hybridized carbons (Fsp3) is 0.500. The topological polar surface area (TPSA) is 24.9 Å². The molecule has 2 aromatic rings. The van der Waals surface area contributed by atoms with Gasteiger partial charge in [-0.3, -0.25) is 4.98 Å². The Bertz CT molecular complexity index is 614. The highest BCUT2D eigenvalue weighted by atomic mass is 14.9. The minimum absolute atomic E-state index is 0.905. The predicted molar refractivity (Wildman–Crippen MR) is 83.9 cm³/mol. The molecule has 1 heterocycles. The monoisotopic (exact) mass is 266 g/mol. The third kappa shape index (κ3) is 2.39. The van der Waals surface area contributed by atoms with E-state index in [0.717, 1.165) is 35.5 Å². The van der Waals surface area contributed by atoms with Crippen LogP contribution in [0.2, 0.25) is 0 Å². The largest absolute Gasteiger partial charge is 0.384 e. The first kappa shape index (κ1) is 12.2. The van der Waals surface area contributed by atoms with E-state index in [4.69, 9.17) is 0 Å². The average Bonchev–Trinajstić information content (AvgIpc) is 3.32.